The van der Waals surface area contributed by atoms with E-state index in [-0.39, 0.29) is 93.5 Å². The van der Waals surface area contributed by atoms with Gasteiger partial charge in [0.1, 0.15) is 0 Å². The average Bonchev–Trinajstić information content (AvgIpc) is 2.64. The van der Waals surface area contributed by atoms with E-state index in [1.807, 2.05) is 0 Å². The zero-order valence-corrected chi connectivity index (χ0v) is 23.8. The fourth-order valence-electron chi connectivity index (χ4n) is 0.810. The van der Waals surface area contributed by atoms with E-state index in [1.54, 1.807) is 0 Å². The third kappa shape index (κ3) is 23.0. The Kier molecular flexibility index (Phi) is 37.4. The summed E-state index contributed by atoms with van der Waals surface area (Å²) in [7, 11) is 0. The number of carbonyl (C=O) groups is 6. The predicted octanol–water partition coefficient (Wildman–Crippen LogP) is -8.02. The summed E-state index contributed by atoms with van der Waals surface area (Å²) < 4.78 is 0. The van der Waals surface area contributed by atoms with Crippen molar-refractivity contribution in [3.8, 4) is 0 Å². The molecule has 0 aliphatic rings. The summed E-state index contributed by atoms with van der Waals surface area (Å²) in [4.78, 5) is 58.6. The van der Waals surface area contributed by atoms with Crippen molar-refractivity contribution in [1.29, 1.82) is 0 Å². The molecule has 0 fully saturated rings. The Hall–Kier alpha value is -0.773. The molecule has 0 aliphatic heterocycles. The van der Waals surface area contributed by atoms with Crippen molar-refractivity contribution in [2.24, 2.45) is 0 Å². The van der Waals surface area contributed by atoms with Gasteiger partial charge in [-0.15, -0.1) is 0 Å². The van der Waals surface area contributed by atoms with Gasteiger partial charge in [0.15, 0.2) is 36.6 Å². The third-order valence-electron chi connectivity index (χ3n) is 2.42. The smallest absolute Gasteiger partial charge is 0.335 e. The van der Waals surface area contributed by atoms with E-state index in [9.17, 15) is 28.8 Å². The zero-order valence-electron chi connectivity index (χ0n) is 16.4. The second-order valence-corrected chi connectivity index (χ2v) is 4.70. The van der Waals surface area contributed by atoms with Crippen LogP contribution in [0.25, 0.3) is 0 Å². The van der Waals surface area contributed by atoms with E-state index in [1.165, 1.54) is 0 Å². The van der Waals surface area contributed by atoms with Crippen LogP contribution in [0.3, 0.4) is 0 Å². The Morgan fingerprint density at radius 3 is 0.412 bits per heavy atom. The molecule has 6 unspecified atom stereocenters. The Labute approximate surface area is 253 Å². The Morgan fingerprint density at radius 2 is 0.382 bits per heavy atom. The number of hydrogen-bond donors (Lipinski definition) is 12. The van der Waals surface area contributed by atoms with Gasteiger partial charge in [-0.05, 0) is 0 Å². The topological polar surface area (TPSA) is 408 Å². The zero-order chi connectivity index (χ0) is 24.9. The standard InChI is InChI=1S/3C4H6O6.2H2O.2Pr/c3*5-1(3(7)8)2(6)4(9)10;;;;/h3*1-2,5-6H,(H,7,8)(H,9,10);2*1H2;;. The van der Waals surface area contributed by atoms with Gasteiger partial charge in [0.05, 0.1) is 0 Å². The minimum atomic E-state index is -2.27. The molecule has 0 amide bonds. The molecule has 0 aromatic rings. The fourth-order valence-corrected chi connectivity index (χ4v) is 0.810. The van der Waals surface area contributed by atoms with Gasteiger partial charge in [0.25, 0.3) is 0 Å². The largest absolute Gasteiger partial charge is 0.479 e. The van der Waals surface area contributed by atoms with Gasteiger partial charge < -0.3 is 72.2 Å². The van der Waals surface area contributed by atoms with Gasteiger partial charge in [-0.2, -0.15) is 0 Å². The Morgan fingerprint density at radius 1 is 0.324 bits per heavy atom. The molecule has 0 saturated heterocycles. The van der Waals surface area contributed by atoms with Crippen molar-refractivity contribution >= 4 is 35.8 Å². The molecule has 20 nitrogen and oxygen atoms in total. The van der Waals surface area contributed by atoms with Crippen molar-refractivity contribution in [2.45, 2.75) is 36.6 Å². The molecule has 2 radical (unpaired) electrons. The number of aliphatic hydroxyl groups excluding tert-OH is 6. The van der Waals surface area contributed by atoms with Crippen molar-refractivity contribution in [3.63, 3.8) is 0 Å². The normalized spacial score (nSPS) is 13.9. The fraction of sp³-hybridized carbons (Fsp3) is 0.500. The quantitative estimate of drug-likeness (QED) is 0.104. The van der Waals surface area contributed by atoms with Gasteiger partial charge in [0, 0.05) is 82.6 Å². The molecule has 6 atom stereocenters. The Bertz CT molecular complexity index is 499. The molecule has 196 valence electrons. The van der Waals surface area contributed by atoms with Crippen molar-refractivity contribution in [1.82, 2.24) is 0 Å². The van der Waals surface area contributed by atoms with Crippen LogP contribution in [0, 0.1) is 82.6 Å². The molecular weight excluding hydrogens is 746 g/mol. The van der Waals surface area contributed by atoms with E-state index in [2.05, 4.69) is 0 Å². The molecule has 34 heavy (non-hydrogen) atoms. The van der Waals surface area contributed by atoms with E-state index in [4.69, 9.17) is 61.3 Å². The molecule has 0 aromatic carbocycles. The molecular formula is C12H22O20Pr2. The second-order valence-electron chi connectivity index (χ2n) is 4.70. The minimum absolute atomic E-state index is 0. The number of hydrogen-bond acceptors (Lipinski definition) is 12. The van der Waals surface area contributed by atoms with Crippen LogP contribution in [0.1, 0.15) is 0 Å². The van der Waals surface area contributed by atoms with Crippen LogP contribution in [0.5, 0.6) is 0 Å². The van der Waals surface area contributed by atoms with Gasteiger partial charge in [-0.25, -0.2) is 28.8 Å². The molecule has 0 aliphatic carbocycles. The van der Waals surface area contributed by atoms with Crippen molar-refractivity contribution in [2.75, 3.05) is 0 Å². The number of aliphatic carboxylic acids is 6. The van der Waals surface area contributed by atoms with E-state index in [0.717, 1.165) is 0 Å². The summed E-state index contributed by atoms with van der Waals surface area (Å²) in [5.74, 6) is -10.6. The first kappa shape index (κ1) is 50.2. The van der Waals surface area contributed by atoms with Crippen LogP contribution in [0.15, 0.2) is 0 Å². The van der Waals surface area contributed by atoms with Crippen LogP contribution in [-0.4, -0.2) is 145 Å². The van der Waals surface area contributed by atoms with Gasteiger partial charge >= 0.3 is 35.8 Å². The van der Waals surface area contributed by atoms with Crippen molar-refractivity contribution in [3.05, 3.63) is 0 Å². The monoisotopic (exact) mass is 768 g/mol. The van der Waals surface area contributed by atoms with E-state index < -0.39 is 72.4 Å². The summed E-state index contributed by atoms with van der Waals surface area (Å²) in [6.07, 6.45) is -13.6. The van der Waals surface area contributed by atoms with Gasteiger partial charge in [0.2, 0.25) is 0 Å². The molecule has 0 saturated carbocycles. The first-order valence-corrected chi connectivity index (χ1v) is 6.85. The average molecular weight is 768 g/mol. The van der Waals surface area contributed by atoms with E-state index in [0.29, 0.717) is 0 Å². The summed E-state index contributed by atoms with van der Waals surface area (Å²) in [6.45, 7) is 0. The van der Waals surface area contributed by atoms with Crippen LogP contribution >= 0.6 is 0 Å². The molecule has 0 spiro atoms. The second kappa shape index (κ2) is 25.3. The summed E-state index contributed by atoms with van der Waals surface area (Å²) in [5.41, 5.74) is 0. The van der Waals surface area contributed by atoms with Gasteiger partial charge in [-0.1, -0.05) is 0 Å². The van der Waals surface area contributed by atoms with Crippen molar-refractivity contribution < 1.29 is 184 Å². The number of aliphatic hydroxyl groups is 6. The third-order valence-corrected chi connectivity index (χ3v) is 2.42. The molecule has 0 heterocycles. The van der Waals surface area contributed by atoms with Crippen LogP contribution < -0.4 is 0 Å². The molecule has 22 heteroatoms. The maximum atomic E-state index is 9.77. The molecule has 0 rings (SSSR count). The first-order chi connectivity index (χ1) is 13.4. The summed E-state index contributed by atoms with van der Waals surface area (Å²) in [5, 5.41) is 97.6. The maximum absolute atomic E-state index is 9.77. The van der Waals surface area contributed by atoms with E-state index >= 15 is 0 Å². The minimum Gasteiger partial charge on any atom is -0.479 e. The van der Waals surface area contributed by atoms with Crippen LogP contribution in [-0.2, 0) is 28.8 Å². The SMILES string of the molecule is O.O.O=C(O)C(O)C(O)C(=O)O.O=C(O)C(O)C(O)C(=O)O.O=C(O)C(O)C(O)C(=O)O.[Pr].[Pr]. The first-order valence-electron chi connectivity index (χ1n) is 6.85. The van der Waals surface area contributed by atoms with Crippen LogP contribution in [0.2, 0.25) is 0 Å². The Balaban J connectivity index is -0.0000000607. The predicted molar refractivity (Wildman–Crippen MR) is 89.1 cm³/mol. The molecule has 16 N–H and O–H groups in total. The number of rotatable bonds is 9. The maximum Gasteiger partial charge on any atom is 0.335 e. The van der Waals surface area contributed by atoms with Crippen LogP contribution in [0.4, 0.5) is 0 Å². The molecule has 0 bridgehead atoms. The summed E-state index contributed by atoms with van der Waals surface area (Å²) in [6, 6.07) is 0. The summed E-state index contributed by atoms with van der Waals surface area (Å²) >= 11 is 0. The van der Waals surface area contributed by atoms with Gasteiger partial charge in [-0.3, -0.25) is 0 Å². The molecule has 0 aromatic heterocycles. The number of carboxylic acids is 6. The number of carboxylic acid groups (broad SMARTS) is 6.